The summed E-state index contributed by atoms with van der Waals surface area (Å²) in [5, 5.41) is 11.8. The molecule has 3 heterocycles. The van der Waals surface area contributed by atoms with Crippen molar-refractivity contribution in [3.05, 3.63) is 77.5 Å². The average Bonchev–Trinajstić information content (AvgIpc) is 2.80. The van der Waals surface area contributed by atoms with E-state index in [0.29, 0.717) is 5.56 Å². The zero-order chi connectivity index (χ0) is 22.7. The third-order valence-electron chi connectivity index (χ3n) is 4.86. The molecular formula is C22H18F3N3O4. The quantitative estimate of drug-likeness (QED) is 0.625. The molecule has 1 aliphatic heterocycles. The Morgan fingerprint density at radius 3 is 2.47 bits per heavy atom. The van der Waals surface area contributed by atoms with Crippen molar-refractivity contribution in [2.24, 2.45) is 5.92 Å². The second kappa shape index (κ2) is 9.43. The normalized spacial score (nSPS) is 18.4. The summed E-state index contributed by atoms with van der Waals surface area (Å²) in [5.41, 5.74) is -0.801. The lowest BCUT2D eigenvalue weighted by molar-refractivity contribution is -0.209. The fraction of sp³-hybridized carbons (Fsp3) is 0.227. The fourth-order valence-corrected chi connectivity index (χ4v) is 3.20. The highest BCUT2D eigenvalue weighted by Gasteiger charge is 2.26. The molecule has 1 amide bonds. The molecule has 0 radical (unpaired) electrons. The standard InChI is InChI=1S/C22H18F3N3O4/c23-14-2-1-3-15(24)19(14)20-16(25)4-5-17(27-20)21(30)28-18-8-26-7-6-13(18)22-31-10-12(9-29)11-32-22/h1-8,12,22,29H,9-11H2,(H,28,30). The van der Waals surface area contributed by atoms with Crippen LogP contribution >= 0.6 is 0 Å². The van der Waals surface area contributed by atoms with Crippen molar-refractivity contribution in [3.8, 4) is 11.3 Å². The summed E-state index contributed by atoms with van der Waals surface area (Å²) in [6, 6.07) is 6.69. The van der Waals surface area contributed by atoms with Crippen LogP contribution in [0, 0.1) is 23.4 Å². The van der Waals surface area contributed by atoms with Crippen LogP contribution in [0.1, 0.15) is 22.3 Å². The molecule has 1 aliphatic rings. The van der Waals surface area contributed by atoms with Crippen LogP contribution in [0.15, 0.2) is 48.8 Å². The second-order valence-corrected chi connectivity index (χ2v) is 7.09. The third-order valence-corrected chi connectivity index (χ3v) is 4.86. The molecule has 0 saturated carbocycles. The molecule has 3 aromatic rings. The molecule has 0 bridgehead atoms. The minimum absolute atomic E-state index is 0.0756. The molecule has 10 heteroatoms. The molecule has 0 unspecified atom stereocenters. The minimum atomic E-state index is -1.00. The summed E-state index contributed by atoms with van der Waals surface area (Å²) in [5.74, 6) is -3.88. The molecule has 1 fully saturated rings. The Morgan fingerprint density at radius 2 is 1.78 bits per heavy atom. The Bertz CT molecular complexity index is 1120. The van der Waals surface area contributed by atoms with Crippen molar-refractivity contribution >= 4 is 11.6 Å². The third kappa shape index (κ3) is 4.47. The number of pyridine rings is 2. The van der Waals surface area contributed by atoms with Gasteiger partial charge in [-0.1, -0.05) is 6.07 Å². The number of anilines is 1. The van der Waals surface area contributed by atoms with Crippen LogP contribution in [0.2, 0.25) is 0 Å². The van der Waals surface area contributed by atoms with Crippen LogP contribution < -0.4 is 5.32 Å². The van der Waals surface area contributed by atoms with Gasteiger partial charge in [-0.3, -0.25) is 9.78 Å². The molecule has 1 aromatic carbocycles. The zero-order valence-corrected chi connectivity index (χ0v) is 16.6. The number of carbonyl (C=O) groups is 1. The Balaban J connectivity index is 1.60. The number of carbonyl (C=O) groups excluding carboxylic acids is 1. The predicted octanol–water partition coefficient (Wildman–Crippen LogP) is 3.47. The fourth-order valence-electron chi connectivity index (χ4n) is 3.20. The lowest BCUT2D eigenvalue weighted by Crippen LogP contribution is -2.30. The summed E-state index contributed by atoms with van der Waals surface area (Å²) in [4.78, 5) is 20.6. The summed E-state index contributed by atoms with van der Waals surface area (Å²) in [7, 11) is 0. The van der Waals surface area contributed by atoms with Crippen LogP contribution in [0.25, 0.3) is 11.3 Å². The van der Waals surface area contributed by atoms with E-state index in [0.717, 1.165) is 30.3 Å². The van der Waals surface area contributed by atoms with Crippen LogP contribution in [0.5, 0.6) is 0 Å². The number of aliphatic hydroxyl groups excluding tert-OH is 1. The molecule has 0 spiro atoms. The molecule has 0 atom stereocenters. The maximum absolute atomic E-state index is 14.3. The van der Waals surface area contributed by atoms with E-state index in [1.54, 1.807) is 6.07 Å². The van der Waals surface area contributed by atoms with Crippen LogP contribution in [-0.4, -0.2) is 40.8 Å². The number of hydrogen-bond acceptors (Lipinski definition) is 6. The molecule has 166 valence electrons. The molecule has 1 saturated heterocycles. The van der Waals surface area contributed by atoms with Gasteiger partial charge in [-0.2, -0.15) is 0 Å². The van der Waals surface area contributed by atoms with Gasteiger partial charge in [0, 0.05) is 17.7 Å². The van der Waals surface area contributed by atoms with Crippen molar-refractivity contribution in [2.75, 3.05) is 25.1 Å². The van der Waals surface area contributed by atoms with Crippen molar-refractivity contribution < 1.29 is 32.5 Å². The zero-order valence-electron chi connectivity index (χ0n) is 16.6. The number of ether oxygens (including phenoxy) is 2. The molecule has 0 aliphatic carbocycles. The number of rotatable bonds is 5. The first kappa shape index (κ1) is 21.9. The number of amides is 1. The number of hydrogen-bond donors (Lipinski definition) is 2. The number of nitrogens with zero attached hydrogens (tertiary/aromatic N) is 2. The first-order valence-corrected chi connectivity index (χ1v) is 9.68. The van der Waals surface area contributed by atoms with E-state index >= 15 is 0 Å². The monoisotopic (exact) mass is 445 g/mol. The largest absolute Gasteiger partial charge is 0.396 e. The molecule has 2 aromatic heterocycles. The van der Waals surface area contributed by atoms with Gasteiger partial charge in [0.2, 0.25) is 0 Å². The van der Waals surface area contributed by atoms with E-state index in [4.69, 9.17) is 9.47 Å². The molecule has 2 N–H and O–H groups in total. The van der Waals surface area contributed by atoms with Gasteiger partial charge >= 0.3 is 0 Å². The smallest absolute Gasteiger partial charge is 0.274 e. The summed E-state index contributed by atoms with van der Waals surface area (Å²) in [6.07, 6.45) is 2.07. The van der Waals surface area contributed by atoms with Gasteiger partial charge in [0.25, 0.3) is 5.91 Å². The molecule has 32 heavy (non-hydrogen) atoms. The summed E-state index contributed by atoms with van der Waals surface area (Å²) >= 11 is 0. The van der Waals surface area contributed by atoms with Crippen molar-refractivity contribution in [1.29, 1.82) is 0 Å². The maximum Gasteiger partial charge on any atom is 0.274 e. The van der Waals surface area contributed by atoms with E-state index in [9.17, 15) is 23.1 Å². The van der Waals surface area contributed by atoms with Gasteiger partial charge < -0.3 is 19.9 Å². The highest BCUT2D eigenvalue weighted by atomic mass is 19.1. The first-order valence-electron chi connectivity index (χ1n) is 9.68. The Morgan fingerprint density at radius 1 is 1.06 bits per heavy atom. The van der Waals surface area contributed by atoms with Crippen molar-refractivity contribution in [3.63, 3.8) is 0 Å². The summed E-state index contributed by atoms with van der Waals surface area (Å²) in [6.45, 7) is 0.468. The number of halogens is 3. The molecule has 7 nitrogen and oxygen atoms in total. The van der Waals surface area contributed by atoms with Gasteiger partial charge in [-0.05, 0) is 30.3 Å². The lowest BCUT2D eigenvalue weighted by atomic mass is 10.1. The number of benzene rings is 1. The van der Waals surface area contributed by atoms with E-state index in [1.165, 1.54) is 12.4 Å². The molecular weight excluding hydrogens is 427 g/mol. The van der Waals surface area contributed by atoms with Crippen LogP contribution in [-0.2, 0) is 9.47 Å². The number of aromatic nitrogens is 2. The summed E-state index contributed by atoms with van der Waals surface area (Å²) < 4.78 is 53.7. The number of nitrogens with one attached hydrogen (secondary N) is 1. The Kier molecular flexibility index (Phi) is 6.45. The SMILES string of the molecule is O=C(Nc1cnccc1C1OCC(CO)CO1)c1ccc(F)c(-c2c(F)cccc2F)n1. The van der Waals surface area contributed by atoms with Crippen molar-refractivity contribution in [1.82, 2.24) is 9.97 Å². The maximum atomic E-state index is 14.3. The van der Waals surface area contributed by atoms with Crippen molar-refractivity contribution in [2.45, 2.75) is 6.29 Å². The Hall–Kier alpha value is -3.34. The van der Waals surface area contributed by atoms with E-state index < -0.39 is 40.9 Å². The van der Waals surface area contributed by atoms with Gasteiger partial charge in [0.15, 0.2) is 6.29 Å². The molecule has 4 rings (SSSR count). The second-order valence-electron chi connectivity index (χ2n) is 7.09. The van der Waals surface area contributed by atoms with Crippen LogP contribution in [0.3, 0.4) is 0 Å². The van der Waals surface area contributed by atoms with Gasteiger partial charge in [0.05, 0.1) is 37.3 Å². The van der Waals surface area contributed by atoms with E-state index in [1.807, 2.05) is 0 Å². The Labute approximate surface area is 180 Å². The predicted molar refractivity (Wildman–Crippen MR) is 107 cm³/mol. The number of aliphatic hydroxyl groups is 1. The van der Waals surface area contributed by atoms with Gasteiger partial charge in [-0.15, -0.1) is 0 Å². The van der Waals surface area contributed by atoms with E-state index in [2.05, 4.69) is 15.3 Å². The highest BCUT2D eigenvalue weighted by Crippen LogP contribution is 2.31. The van der Waals surface area contributed by atoms with Gasteiger partial charge in [-0.25, -0.2) is 18.2 Å². The van der Waals surface area contributed by atoms with Crippen LogP contribution in [0.4, 0.5) is 18.9 Å². The first-order chi connectivity index (χ1) is 15.5. The topological polar surface area (TPSA) is 93.6 Å². The van der Waals surface area contributed by atoms with Gasteiger partial charge in [0.1, 0.15) is 28.8 Å². The minimum Gasteiger partial charge on any atom is -0.396 e. The highest BCUT2D eigenvalue weighted by molar-refractivity contribution is 6.03. The lowest BCUT2D eigenvalue weighted by Gasteiger charge is -2.29. The van der Waals surface area contributed by atoms with E-state index in [-0.39, 0.29) is 37.1 Å². The average molecular weight is 445 g/mol.